The van der Waals surface area contributed by atoms with Crippen molar-refractivity contribution in [3.8, 4) is 0 Å². The molecule has 2 unspecified atom stereocenters. The summed E-state index contributed by atoms with van der Waals surface area (Å²) in [6, 6.07) is 3.54. The van der Waals surface area contributed by atoms with Gasteiger partial charge in [-0.05, 0) is 62.5 Å². The van der Waals surface area contributed by atoms with E-state index in [0.29, 0.717) is 30.6 Å². The van der Waals surface area contributed by atoms with Crippen LogP contribution in [0.25, 0.3) is 0 Å². The number of alkyl halides is 1. The van der Waals surface area contributed by atoms with Gasteiger partial charge in [0.1, 0.15) is 5.76 Å². The second-order valence-corrected chi connectivity index (χ2v) is 8.63. The van der Waals surface area contributed by atoms with E-state index in [1.54, 1.807) is 18.4 Å². The third kappa shape index (κ3) is 2.94. The number of carbonyl (C=O) groups excluding carboxylic acids is 2. The maximum atomic E-state index is 12.7. The molecular weight excluding hydrogens is 330 g/mol. The Morgan fingerprint density at radius 3 is 2.67 bits per heavy atom. The number of ether oxygens (including phenoxy) is 1. The largest absolute Gasteiger partial charge is 0.467 e. The van der Waals surface area contributed by atoms with Crippen molar-refractivity contribution in [1.29, 1.82) is 0 Å². The SMILES string of the molecule is O=C(COC(=O)C12C[C@@H]3C[C@@H](CC(Cl)(C3)C1)C2)NCc1ccco1. The first kappa shape index (κ1) is 16.0. The Bertz CT molecular complexity index is 627. The molecule has 4 bridgehead atoms. The molecule has 1 aromatic heterocycles. The predicted octanol–water partition coefficient (Wildman–Crippen LogP) is 3.02. The van der Waals surface area contributed by atoms with Crippen LogP contribution in [0.3, 0.4) is 0 Å². The van der Waals surface area contributed by atoms with E-state index in [-0.39, 0.29) is 23.4 Å². The highest BCUT2D eigenvalue weighted by Crippen LogP contribution is 2.64. The van der Waals surface area contributed by atoms with Crippen LogP contribution in [0.2, 0.25) is 0 Å². The minimum Gasteiger partial charge on any atom is -0.467 e. The molecular formula is C18H22ClNO4. The minimum atomic E-state index is -0.465. The fourth-order valence-corrected chi connectivity index (χ4v) is 6.02. The van der Waals surface area contributed by atoms with Gasteiger partial charge in [0.05, 0.1) is 18.2 Å². The van der Waals surface area contributed by atoms with Crippen LogP contribution in [0.5, 0.6) is 0 Å². The summed E-state index contributed by atoms with van der Waals surface area (Å²) in [4.78, 5) is 24.3. The van der Waals surface area contributed by atoms with Crippen molar-refractivity contribution in [2.75, 3.05) is 6.61 Å². The van der Waals surface area contributed by atoms with Crippen molar-refractivity contribution in [3.63, 3.8) is 0 Å². The first-order chi connectivity index (χ1) is 11.5. The molecule has 1 amide bonds. The Morgan fingerprint density at radius 1 is 1.29 bits per heavy atom. The van der Waals surface area contributed by atoms with E-state index in [9.17, 15) is 9.59 Å². The number of rotatable bonds is 5. The van der Waals surface area contributed by atoms with Crippen LogP contribution in [0, 0.1) is 17.3 Å². The molecule has 0 aliphatic heterocycles. The Balaban J connectivity index is 1.32. The molecule has 0 spiro atoms. The maximum Gasteiger partial charge on any atom is 0.312 e. The van der Waals surface area contributed by atoms with Crippen LogP contribution >= 0.6 is 11.6 Å². The third-order valence-electron chi connectivity index (χ3n) is 5.80. The number of nitrogens with one attached hydrogen (secondary N) is 1. The van der Waals surface area contributed by atoms with Crippen molar-refractivity contribution in [2.24, 2.45) is 17.3 Å². The van der Waals surface area contributed by atoms with Crippen molar-refractivity contribution in [2.45, 2.75) is 49.9 Å². The normalized spacial score (nSPS) is 36.5. The molecule has 4 saturated carbocycles. The smallest absolute Gasteiger partial charge is 0.312 e. The fraction of sp³-hybridized carbons (Fsp3) is 0.667. The lowest BCUT2D eigenvalue weighted by atomic mass is 9.49. The predicted molar refractivity (Wildman–Crippen MR) is 87.2 cm³/mol. The summed E-state index contributed by atoms with van der Waals surface area (Å²) < 4.78 is 10.5. The number of amides is 1. The Hall–Kier alpha value is -1.49. The van der Waals surface area contributed by atoms with Crippen LogP contribution in [0.15, 0.2) is 22.8 Å². The summed E-state index contributed by atoms with van der Waals surface area (Å²) in [7, 11) is 0. The van der Waals surface area contributed by atoms with Gasteiger partial charge < -0.3 is 14.5 Å². The molecule has 0 radical (unpaired) electrons. The lowest BCUT2D eigenvalue weighted by molar-refractivity contribution is -0.171. The van der Waals surface area contributed by atoms with Gasteiger partial charge in [-0.1, -0.05) is 0 Å². The van der Waals surface area contributed by atoms with Gasteiger partial charge in [-0.25, -0.2) is 0 Å². The molecule has 6 heteroatoms. The van der Waals surface area contributed by atoms with Crippen molar-refractivity contribution >= 4 is 23.5 Å². The van der Waals surface area contributed by atoms with E-state index in [4.69, 9.17) is 20.8 Å². The van der Waals surface area contributed by atoms with Gasteiger partial charge in [0, 0.05) is 4.87 Å². The molecule has 1 heterocycles. The Morgan fingerprint density at radius 2 is 2.04 bits per heavy atom. The fourth-order valence-electron chi connectivity index (χ4n) is 5.32. The van der Waals surface area contributed by atoms with E-state index in [2.05, 4.69) is 5.32 Å². The molecule has 0 saturated heterocycles. The topological polar surface area (TPSA) is 68.5 Å². The maximum absolute atomic E-state index is 12.7. The highest BCUT2D eigenvalue weighted by molar-refractivity contribution is 6.24. The molecule has 4 aliphatic rings. The molecule has 4 fully saturated rings. The van der Waals surface area contributed by atoms with E-state index >= 15 is 0 Å². The summed E-state index contributed by atoms with van der Waals surface area (Å²) in [6.45, 7) is 0.0510. The van der Waals surface area contributed by atoms with Gasteiger partial charge in [-0.3, -0.25) is 9.59 Å². The van der Waals surface area contributed by atoms with Crippen LogP contribution in [-0.4, -0.2) is 23.4 Å². The molecule has 1 N–H and O–H groups in total. The first-order valence-electron chi connectivity index (χ1n) is 8.62. The molecule has 0 aromatic carbocycles. The number of carbonyl (C=O) groups is 2. The molecule has 24 heavy (non-hydrogen) atoms. The monoisotopic (exact) mass is 351 g/mol. The average molecular weight is 352 g/mol. The standard InChI is InChI=1S/C18H22ClNO4/c19-18-7-12-4-13(8-18)6-17(5-12,11-18)16(22)24-10-15(21)20-9-14-2-1-3-23-14/h1-3,12-13H,4-11H2,(H,20,21)/t12-,13+,17?,18?. The minimum absolute atomic E-state index is 0.231. The molecule has 5 nitrogen and oxygen atoms in total. The number of esters is 1. The number of furan rings is 1. The van der Waals surface area contributed by atoms with Gasteiger partial charge in [-0.15, -0.1) is 11.6 Å². The zero-order valence-electron chi connectivity index (χ0n) is 13.6. The van der Waals surface area contributed by atoms with Crippen molar-refractivity contribution in [3.05, 3.63) is 24.2 Å². The second kappa shape index (κ2) is 5.80. The quantitative estimate of drug-likeness (QED) is 0.654. The zero-order valence-corrected chi connectivity index (χ0v) is 14.3. The lowest BCUT2D eigenvalue weighted by Crippen LogP contribution is -2.56. The summed E-state index contributed by atoms with van der Waals surface area (Å²) in [5, 5.41) is 2.69. The van der Waals surface area contributed by atoms with Crippen LogP contribution in [-0.2, 0) is 20.9 Å². The second-order valence-electron chi connectivity index (χ2n) is 7.82. The lowest BCUT2D eigenvalue weighted by Gasteiger charge is -2.58. The third-order valence-corrected chi connectivity index (χ3v) is 6.24. The van der Waals surface area contributed by atoms with Gasteiger partial charge >= 0.3 is 5.97 Å². The molecule has 4 atom stereocenters. The van der Waals surface area contributed by atoms with Crippen LogP contribution < -0.4 is 5.32 Å². The van der Waals surface area contributed by atoms with Gasteiger partial charge in [0.25, 0.3) is 5.91 Å². The molecule has 1 aromatic rings. The summed E-state index contributed by atoms with van der Waals surface area (Å²) in [5.74, 6) is 1.17. The number of halogens is 1. The molecule has 4 aliphatic carbocycles. The van der Waals surface area contributed by atoms with E-state index in [0.717, 1.165) is 25.7 Å². The van der Waals surface area contributed by atoms with Gasteiger partial charge in [0.2, 0.25) is 0 Å². The first-order valence-corrected chi connectivity index (χ1v) is 8.99. The van der Waals surface area contributed by atoms with E-state index in [1.165, 1.54) is 6.42 Å². The van der Waals surface area contributed by atoms with Gasteiger partial charge in [-0.2, -0.15) is 0 Å². The summed E-state index contributed by atoms with van der Waals surface area (Å²) >= 11 is 6.74. The van der Waals surface area contributed by atoms with Crippen LogP contribution in [0.1, 0.15) is 44.3 Å². The van der Waals surface area contributed by atoms with Crippen molar-refractivity contribution in [1.82, 2.24) is 5.32 Å². The van der Waals surface area contributed by atoms with E-state index < -0.39 is 5.41 Å². The molecule has 5 rings (SSSR count). The summed E-state index contributed by atoms with van der Waals surface area (Å²) in [6.07, 6.45) is 7.20. The number of hydrogen-bond donors (Lipinski definition) is 1. The molecule has 130 valence electrons. The zero-order chi connectivity index (χ0) is 16.8. The Kier molecular flexibility index (Phi) is 3.87. The summed E-state index contributed by atoms with van der Waals surface area (Å²) in [5.41, 5.74) is -0.465. The highest BCUT2D eigenvalue weighted by atomic mass is 35.5. The highest BCUT2D eigenvalue weighted by Gasteiger charge is 2.60. The van der Waals surface area contributed by atoms with Crippen LogP contribution in [0.4, 0.5) is 0 Å². The average Bonchev–Trinajstić information content (AvgIpc) is 3.01. The number of hydrogen-bond acceptors (Lipinski definition) is 4. The Labute approximate surface area is 146 Å². The van der Waals surface area contributed by atoms with Crippen molar-refractivity contribution < 1.29 is 18.7 Å². The van der Waals surface area contributed by atoms with Gasteiger partial charge in [0.15, 0.2) is 6.61 Å². The van der Waals surface area contributed by atoms with E-state index in [1.807, 2.05) is 0 Å².